The average Bonchev–Trinajstić information content (AvgIpc) is 3.32. The Morgan fingerprint density at radius 3 is 2.03 bits per heavy atom. The van der Waals surface area contributed by atoms with Gasteiger partial charge in [0, 0.05) is 32.3 Å². The van der Waals surface area contributed by atoms with Crippen LogP contribution in [0, 0.1) is 0 Å². The van der Waals surface area contributed by atoms with Crippen molar-refractivity contribution in [2.75, 3.05) is 0 Å². The van der Waals surface area contributed by atoms with Gasteiger partial charge in [0.15, 0.2) is 0 Å². The molecule has 0 bridgehead atoms. The zero-order valence-electron chi connectivity index (χ0n) is 18.9. The first kappa shape index (κ1) is 22.4. The van der Waals surface area contributed by atoms with Crippen molar-refractivity contribution in [2.45, 2.75) is 31.3 Å². The molecule has 0 spiro atoms. The molecule has 0 radical (unpaired) electrons. The van der Waals surface area contributed by atoms with E-state index in [-0.39, 0.29) is 11.2 Å². The number of carbonyl (C=O) groups is 1. The second-order valence-corrected chi connectivity index (χ2v) is 9.62. The lowest BCUT2D eigenvalue weighted by Crippen LogP contribution is -2.23. The second kappa shape index (κ2) is 10.7. The molecule has 1 N–H and O–H groups in total. The predicted octanol–water partition coefficient (Wildman–Crippen LogP) is 6.16. The van der Waals surface area contributed by atoms with E-state index in [0.717, 1.165) is 25.3 Å². The highest BCUT2D eigenvalue weighted by atomic mass is 32.2. The monoisotopic (exact) mass is 465 g/mol. The van der Waals surface area contributed by atoms with Gasteiger partial charge in [-0.1, -0.05) is 84.9 Å². The molecule has 1 saturated heterocycles. The van der Waals surface area contributed by atoms with Crippen LogP contribution in [0.4, 0.5) is 0 Å². The molecule has 5 heteroatoms. The van der Waals surface area contributed by atoms with Gasteiger partial charge in [-0.15, -0.1) is 0 Å². The molecule has 1 aliphatic heterocycles. The topological polar surface area (TPSA) is 45.2 Å². The molecule has 2 heterocycles. The normalized spacial score (nSPS) is 15.4. The summed E-state index contributed by atoms with van der Waals surface area (Å²) in [6.45, 7) is 2.44. The first-order valence-electron chi connectivity index (χ1n) is 11.5. The molecule has 34 heavy (non-hydrogen) atoms. The number of carbonyl (C=O) groups excluding carboxylic acids is 1. The average molecular weight is 466 g/mol. The van der Waals surface area contributed by atoms with Crippen LogP contribution in [-0.2, 0) is 24.4 Å². The summed E-state index contributed by atoms with van der Waals surface area (Å²) in [4.78, 5) is 18.5. The van der Waals surface area contributed by atoms with Crippen LogP contribution < -0.4 is 4.72 Å². The van der Waals surface area contributed by atoms with Crippen LogP contribution in [0.15, 0.2) is 103 Å². The van der Waals surface area contributed by atoms with Crippen LogP contribution in [0.25, 0.3) is 11.1 Å². The molecule has 5 rings (SSSR count). The van der Waals surface area contributed by atoms with E-state index in [2.05, 4.69) is 93.5 Å². The Balaban J connectivity index is 1.31. The number of nitrogens with one attached hydrogen (secondary N) is 1. The van der Waals surface area contributed by atoms with Gasteiger partial charge >= 0.3 is 0 Å². The van der Waals surface area contributed by atoms with Gasteiger partial charge < -0.3 is 0 Å². The van der Waals surface area contributed by atoms with Crippen LogP contribution in [0.5, 0.6) is 0 Å². The molecular weight excluding hydrogens is 438 g/mol. The maximum absolute atomic E-state index is 11.5. The number of amides is 1. The lowest BCUT2D eigenvalue weighted by Gasteiger charge is -2.23. The van der Waals surface area contributed by atoms with E-state index in [0.29, 0.717) is 6.42 Å². The Morgan fingerprint density at radius 1 is 0.765 bits per heavy atom. The summed E-state index contributed by atoms with van der Waals surface area (Å²) in [7, 11) is 0. The van der Waals surface area contributed by atoms with Crippen LogP contribution in [0.1, 0.15) is 34.1 Å². The third-order valence-corrected chi connectivity index (χ3v) is 7.09. The Morgan fingerprint density at radius 2 is 1.41 bits per heavy atom. The van der Waals surface area contributed by atoms with Crippen LogP contribution >= 0.6 is 11.9 Å². The zero-order chi connectivity index (χ0) is 23.2. The van der Waals surface area contributed by atoms with Crippen LogP contribution in [-0.4, -0.2) is 15.8 Å². The Labute approximate surface area is 205 Å². The summed E-state index contributed by atoms with van der Waals surface area (Å²) in [5.41, 5.74) is 7.25. The molecule has 1 fully saturated rings. The van der Waals surface area contributed by atoms with Crippen molar-refractivity contribution in [1.29, 1.82) is 0 Å². The maximum atomic E-state index is 11.5. The van der Waals surface area contributed by atoms with Crippen molar-refractivity contribution in [3.8, 4) is 11.1 Å². The minimum atomic E-state index is 0.110. The number of pyridine rings is 1. The Kier molecular flexibility index (Phi) is 7.03. The fraction of sp³-hybridized carbons (Fsp3) is 0.172. The fourth-order valence-corrected chi connectivity index (χ4v) is 5.14. The van der Waals surface area contributed by atoms with E-state index < -0.39 is 0 Å². The summed E-state index contributed by atoms with van der Waals surface area (Å²) < 4.78 is 2.85. The van der Waals surface area contributed by atoms with E-state index in [9.17, 15) is 4.79 Å². The number of hydrogen-bond acceptors (Lipinski definition) is 4. The van der Waals surface area contributed by atoms with Gasteiger partial charge in [0.1, 0.15) is 0 Å². The molecule has 0 saturated carbocycles. The molecule has 1 aliphatic rings. The minimum absolute atomic E-state index is 0.110. The molecule has 1 amide bonds. The van der Waals surface area contributed by atoms with Crippen LogP contribution in [0.3, 0.4) is 0 Å². The quantitative estimate of drug-likeness (QED) is 0.317. The molecular formula is C29H27N3OS. The maximum Gasteiger partial charge on any atom is 0.231 e. The molecule has 4 aromatic rings. The largest absolute Gasteiger partial charge is 0.300 e. The summed E-state index contributed by atoms with van der Waals surface area (Å²) in [5.74, 6) is 0.110. The predicted molar refractivity (Wildman–Crippen MR) is 139 cm³/mol. The number of nitrogens with zero attached hydrogens (tertiary/aromatic N) is 2. The molecule has 3 aromatic carbocycles. The summed E-state index contributed by atoms with van der Waals surface area (Å²) in [6.07, 6.45) is 2.40. The smallest absolute Gasteiger partial charge is 0.231 e. The van der Waals surface area contributed by atoms with Gasteiger partial charge in [0.25, 0.3) is 0 Å². The molecule has 0 aliphatic carbocycles. The van der Waals surface area contributed by atoms with E-state index >= 15 is 0 Å². The highest BCUT2D eigenvalue weighted by Gasteiger charge is 2.24. The van der Waals surface area contributed by atoms with Crippen molar-refractivity contribution in [2.24, 2.45) is 0 Å². The first-order chi connectivity index (χ1) is 16.7. The highest BCUT2D eigenvalue weighted by Crippen LogP contribution is 2.34. The SMILES string of the molecule is O=C1CC(c2ccc(CN(Cc3ccc(-c4ccccc4)cc3)Cc3ccccn3)cc2)SN1. The summed E-state index contributed by atoms with van der Waals surface area (Å²) in [5, 5.41) is 0.203. The molecule has 170 valence electrons. The van der Waals surface area contributed by atoms with E-state index in [1.807, 2.05) is 24.4 Å². The Hall–Kier alpha value is -3.41. The van der Waals surface area contributed by atoms with E-state index in [1.54, 1.807) is 0 Å². The third kappa shape index (κ3) is 5.74. The zero-order valence-corrected chi connectivity index (χ0v) is 19.7. The van der Waals surface area contributed by atoms with Gasteiger partial charge in [-0.3, -0.25) is 19.4 Å². The molecule has 4 nitrogen and oxygen atoms in total. The highest BCUT2D eigenvalue weighted by molar-refractivity contribution is 7.98. The number of benzene rings is 3. The Bertz CT molecular complexity index is 1210. The number of aromatic nitrogens is 1. The lowest BCUT2D eigenvalue weighted by atomic mass is 10.0. The van der Waals surface area contributed by atoms with Crippen molar-refractivity contribution >= 4 is 17.9 Å². The van der Waals surface area contributed by atoms with Crippen molar-refractivity contribution in [3.63, 3.8) is 0 Å². The van der Waals surface area contributed by atoms with Crippen LogP contribution in [0.2, 0.25) is 0 Å². The van der Waals surface area contributed by atoms with Crippen molar-refractivity contribution < 1.29 is 4.79 Å². The van der Waals surface area contributed by atoms with Gasteiger partial charge in [-0.25, -0.2) is 0 Å². The second-order valence-electron chi connectivity index (χ2n) is 8.61. The summed E-state index contributed by atoms with van der Waals surface area (Å²) in [6, 6.07) is 34.1. The standard InChI is InChI=1S/C29H27N3OS/c33-29-18-28(34-31-29)26-15-11-23(12-16-26)20-32(21-27-8-4-5-17-30-27)19-22-9-13-25(14-10-22)24-6-2-1-3-7-24/h1-17,28H,18-21H2,(H,31,33). The fourth-order valence-electron chi connectivity index (χ4n) is 4.25. The number of rotatable bonds is 8. The molecule has 1 atom stereocenters. The molecule has 1 aromatic heterocycles. The third-order valence-electron chi connectivity index (χ3n) is 6.02. The first-order valence-corrected chi connectivity index (χ1v) is 12.4. The van der Waals surface area contributed by atoms with Gasteiger partial charge in [-0.2, -0.15) is 0 Å². The van der Waals surface area contributed by atoms with E-state index in [4.69, 9.17) is 0 Å². The van der Waals surface area contributed by atoms with E-state index in [1.165, 1.54) is 39.8 Å². The van der Waals surface area contributed by atoms with Crippen molar-refractivity contribution in [3.05, 3.63) is 126 Å². The minimum Gasteiger partial charge on any atom is -0.300 e. The van der Waals surface area contributed by atoms with Gasteiger partial charge in [-0.05, 0) is 51.9 Å². The van der Waals surface area contributed by atoms with Gasteiger partial charge in [0.05, 0.1) is 10.9 Å². The van der Waals surface area contributed by atoms with Crippen molar-refractivity contribution in [1.82, 2.24) is 14.6 Å². The summed E-state index contributed by atoms with van der Waals surface area (Å²) >= 11 is 1.51. The number of hydrogen-bond donors (Lipinski definition) is 1. The lowest BCUT2D eigenvalue weighted by molar-refractivity contribution is -0.118. The molecule has 1 unspecified atom stereocenters. The van der Waals surface area contributed by atoms with Gasteiger partial charge in [0.2, 0.25) is 5.91 Å².